The Morgan fingerprint density at radius 2 is 0.947 bits per heavy atom. The second-order valence-electron chi connectivity index (χ2n) is 7.90. The van der Waals surface area contributed by atoms with Crippen LogP contribution in [0.1, 0.15) is 70.6 Å². The summed E-state index contributed by atoms with van der Waals surface area (Å²) in [6, 6.07) is 5.76. The number of hydrogen-bond donors (Lipinski definition) is 0. The van der Waals surface area contributed by atoms with Crippen LogP contribution >= 0.6 is 0 Å². The third kappa shape index (κ3) is 1.56. The van der Waals surface area contributed by atoms with Crippen LogP contribution in [0.3, 0.4) is 0 Å². The van der Waals surface area contributed by atoms with Crippen molar-refractivity contribution in [2.75, 3.05) is 0 Å². The van der Waals surface area contributed by atoms with E-state index in [1.807, 2.05) is 0 Å². The van der Waals surface area contributed by atoms with Crippen molar-refractivity contribution in [1.29, 1.82) is 0 Å². The van der Waals surface area contributed by atoms with Gasteiger partial charge in [-0.15, -0.1) is 0 Å². The van der Waals surface area contributed by atoms with E-state index < -0.39 is 0 Å². The van der Waals surface area contributed by atoms with Crippen LogP contribution in [-0.4, -0.2) is 46.1 Å². The second kappa shape index (κ2) is 4.21. The van der Waals surface area contributed by atoms with E-state index in [2.05, 4.69) is 9.80 Å². The fourth-order valence-electron chi connectivity index (χ4n) is 6.63. The molecule has 5 fully saturated rings. The highest BCUT2D eigenvalue weighted by Gasteiger charge is 2.52. The van der Waals surface area contributed by atoms with Gasteiger partial charge in [-0.1, -0.05) is 12.8 Å². The summed E-state index contributed by atoms with van der Waals surface area (Å²) in [5.41, 5.74) is 0. The summed E-state index contributed by atoms with van der Waals surface area (Å²) in [6.45, 7) is 0. The predicted molar refractivity (Wildman–Crippen MR) is 77.2 cm³/mol. The quantitative estimate of drug-likeness (QED) is 0.660. The molecule has 5 aliphatic heterocycles. The van der Waals surface area contributed by atoms with Crippen LogP contribution in [0.15, 0.2) is 0 Å². The highest BCUT2D eigenvalue weighted by molar-refractivity contribution is 5.08. The normalized spacial score (nSPS) is 53.7. The van der Waals surface area contributed by atoms with Crippen molar-refractivity contribution in [3.05, 3.63) is 0 Å². The van der Waals surface area contributed by atoms with Crippen LogP contribution in [0.2, 0.25) is 0 Å². The van der Waals surface area contributed by atoms with E-state index in [4.69, 9.17) is 0 Å². The number of nitrogens with zero attached hydrogens (tertiary/aromatic N) is 2. The van der Waals surface area contributed by atoms with E-state index in [0.29, 0.717) is 0 Å². The van der Waals surface area contributed by atoms with Gasteiger partial charge >= 0.3 is 0 Å². The molecule has 0 aromatic carbocycles. The van der Waals surface area contributed by atoms with Crippen molar-refractivity contribution in [3.63, 3.8) is 0 Å². The summed E-state index contributed by atoms with van der Waals surface area (Å²) in [4.78, 5) is 6.10. The molecule has 0 aromatic rings. The van der Waals surface area contributed by atoms with E-state index in [0.717, 1.165) is 36.3 Å². The van der Waals surface area contributed by atoms with E-state index >= 15 is 0 Å². The Hall–Kier alpha value is -0.0800. The predicted octanol–water partition coefficient (Wildman–Crippen LogP) is 3.16. The number of fused-ring (bicyclic) bond motifs is 1. The van der Waals surface area contributed by atoms with Crippen LogP contribution in [0.25, 0.3) is 0 Å². The molecule has 2 nitrogen and oxygen atoms in total. The van der Waals surface area contributed by atoms with Crippen LogP contribution in [0.4, 0.5) is 0 Å². The van der Waals surface area contributed by atoms with Gasteiger partial charge in [0.2, 0.25) is 0 Å². The van der Waals surface area contributed by atoms with Crippen LogP contribution in [-0.2, 0) is 0 Å². The average molecular weight is 260 g/mol. The number of rotatable bonds is 0. The van der Waals surface area contributed by atoms with Gasteiger partial charge in [0.05, 0.1) is 0 Å². The van der Waals surface area contributed by atoms with Gasteiger partial charge in [-0.25, -0.2) is 0 Å². The fraction of sp³-hybridized carbons (Fsp3) is 1.00. The van der Waals surface area contributed by atoms with Gasteiger partial charge in [0, 0.05) is 36.3 Å². The maximum Gasteiger partial charge on any atom is 0.0257 e. The molecule has 0 amide bonds. The third-order valence-electron chi connectivity index (χ3n) is 7.18. The topological polar surface area (TPSA) is 6.48 Å². The first kappa shape index (κ1) is 11.6. The monoisotopic (exact) mass is 260 g/mol. The van der Waals surface area contributed by atoms with Crippen molar-refractivity contribution in [3.8, 4) is 0 Å². The summed E-state index contributed by atoms with van der Waals surface area (Å²) in [6.07, 6.45) is 16.6. The number of hydrogen-bond acceptors (Lipinski definition) is 2. The second-order valence-corrected chi connectivity index (χ2v) is 7.90. The first-order chi connectivity index (χ1) is 9.42. The van der Waals surface area contributed by atoms with Gasteiger partial charge < -0.3 is 0 Å². The van der Waals surface area contributed by atoms with E-state index in [-0.39, 0.29) is 0 Å². The molecule has 5 saturated heterocycles. The molecule has 0 radical (unpaired) electrons. The van der Waals surface area contributed by atoms with E-state index in [1.165, 1.54) is 70.6 Å². The molecule has 5 rings (SSSR count). The summed E-state index contributed by atoms with van der Waals surface area (Å²) < 4.78 is 0. The van der Waals surface area contributed by atoms with E-state index in [9.17, 15) is 0 Å². The van der Waals surface area contributed by atoms with Crippen molar-refractivity contribution >= 4 is 0 Å². The SMILES string of the molecule is C1CC2CCC3CC4CCC5CCCC(C(C1)N23)N54. The molecular weight excluding hydrogens is 232 g/mol. The molecule has 0 bridgehead atoms. The van der Waals surface area contributed by atoms with Crippen molar-refractivity contribution in [2.24, 2.45) is 0 Å². The fourth-order valence-corrected chi connectivity index (χ4v) is 6.63. The van der Waals surface area contributed by atoms with Crippen LogP contribution < -0.4 is 0 Å². The molecule has 5 aliphatic rings. The maximum atomic E-state index is 3.05. The Labute approximate surface area is 117 Å². The molecule has 0 aliphatic carbocycles. The van der Waals surface area contributed by atoms with Crippen molar-refractivity contribution in [2.45, 2.75) is 107 Å². The molecule has 0 saturated carbocycles. The first-order valence-electron chi connectivity index (χ1n) is 8.97. The Kier molecular flexibility index (Phi) is 2.56. The van der Waals surface area contributed by atoms with Gasteiger partial charge in [0.15, 0.2) is 0 Å². The molecule has 0 N–H and O–H groups in total. The maximum absolute atomic E-state index is 3.05. The molecule has 6 atom stereocenters. The minimum absolute atomic E-state index is 0.942. The highest BCUT2D eigenvalue weighted by atomic mass is 15.4. The third-order valence-corrected chi connectivity index (χ3v) is 7.18. The summed E-state index contributed by atoms with van der Waals surface area (Å²) in [5, 5.41) is 0. The molecule has 2 heteroatoms. The van der Waals surface area contributed by atoms with Crippen LogP contribution in [0, 0.1) is 0 Å². The molecule has 6 unspecified atom stereocenters. The molecule has 5 heterocycles. The van der Waals surface area contributed by atoms with Crippen molar-refractivity contribution < 1.29 is 0 Å². The zero-order chi connectivity index (χ0) is 12.4. The minimum Gasteiger partial charge on any atom is -0.293 e. The van der Waals surface area contributed by atoms with Gasteiger partial charge in [0.1, 0.15) is 0 Å². The van der Waals surface area contributed by atoms with Gasteiger partial charge in [-0.2, -0.15) is 0 Å². The summed E-state index contributed by atoms with van der Waals surface area (Å²) in [5.74, 6) is 0. The minimum atomic E-state index is 0.942. The summed E-state index contributed by atoms with van der Waals surface area (Å²) >= 11 is 0. The first-order valence-corrected chi connectivity index (χ1v) is 8.97. The average Bonchev–Trinajstić information content (AvgIpc) is 3.00. The lowest BCUT2D eigenvalue weighted by Gasteiger charge is -2.48. The van der Waals surface area contributed by atoms with Crippen molar-refractivity contribution in [1.82, 2.24) is 9.80 Å². The molecule has 0 aromatic heterocycles. The Morgan fingerprint density at radius 1 is 0.474 bits per heavy atom. The molecule has 106 valence electrons. The highest BCUT2D eigenvalue weighted by Crippen LogP contribution is 2.48. The largest absolute Gasteiger partial charge is 0.293 e. The molecule has 19 heavy (non-hydrogen) atoms. The van der Waals surface area contributed by atoms with E-state index in [1.54, 1.807) is 0 Å². The Balaban J connectivity index is 1.55. The summed E-state index contributed by atoms with van der Waals surface area (Å²) in [7, 11) is 0. The lowest BCUT2D eigenvalue weighted by atomic mass is 9.85. The molecule has 0 spiro atoms. The molecular formula is C17H28N2. The number of piperidine rings is 2. The van der Waals surface area contributed by atoms with Gasteiger partial charge in [-0.05, 0) is 57.8 Å². The standard InChI is InChI=1S/C17H28N2/c1-3-12-7-9-14-11-15-10-8-13-4-2-6-17(19(13)15)16(5-1)18(12)14/h12-17H,1-11H2. The zero-order valence-corrected chi connectivity index (χ0v) is 12.1. The van der Waals surface area contributed by atoms with Crippen LogP contribution in [0.5, 0.6) is 0 Å². The zero-order valence-electron chi connectivity index (χ0n) is 12.1. The lowest BCUT2D eigenvalue weighted by Crippen LogP contribution is -2.57. The van der Waals surface area contributed by atoms with Gasteiger partial charge in [-0.3, -0.25) is 9.80 Å². The smallest absolute Gasteiger partial charge is 0.0257 e. The Bertz CT molecular complexity index is 334. The lowest BCUT2D eigenvalue weighted by molar-refractivity contribution is 0.00962. The Morgan fingerprint density at radius 3 is 1.47 bits per heavy atom. The van der Waals surface area contributed by atoms with Gasteiger partial charge in [0.25, 0.3) is 0 Å².